The second kappa shape index (κ2) is 8.79. The van der Waals surface area contributed by atoms with Crippen LogP contribution in [0.4, 0.5) is 0 Å². The molecule has 1 aliphatic rings. The molecule has 0 aromatic carbocycles. The molecule has 0 saturated heterocycles. The predicted molar refractivity (Wildman–Crippen MR) is 101 cm³/mol. The van der Waals surface area contributed by atoms with Gasteiger partial charge in [0, 0.05) is 18.8 Å². The number of methoxy groups -OCH3 is 1. The standard InChI is InChI=1S/C17H21N3O4S2/c1-11-8-13-15(26-11)16(22)20(5-7-23-2)17(19-13)25-10-14(21)18-9-12-4-3-6-24-12/h3-4,6,11H,5,7-10H2,1-2H3,(H,18,21)/t11-/m0/s1. The Bertz CT molecular complexity index is 820. The Hall–Kier alpha value is -1.71. The summed E-state index contributed by atoms with van der Waals surface area (Å²) in [5.41, 5.74) is 0.791. The summed E-state index contributed by atoms with van der Waals surface area (Å²) in [6, 6.07) is 3.58. The van der Waals surface area contributed by atoms with Crippen LogP contribution in [-0.4, -0.2) is 40.2 Å². The van der Waals surface area contributed by atoms with Crippen LogP contribution in [0.3, 0.4) is 0 Å². The zero-order valence-corrected chi connectivity index (χ0v) is 16.3. The Morgan fingerprint density at radius 1 is 1.58 bits per heavy atom. The van der Waals surface area contributed by atoms with Gasteiger partial charge in [0.05, 0.1) is 42.3 Å². The fraction of sp³-hybridized carbons (Fsp3) is 0.471. The summed E-state index contributed by atoms with van der Waals surface area (Å²) >= 11 is 2.84. The van der Waals surface area contributed by atoms with Gasteiger partial charge in [0.25, 0.3) is 5.56 Å². The minimum Gasteiger partial charge on any atom is -0.467 e. The number of nitrogens with zero attached hydrogens (tertiary/aromatic N) is 2. The van der Waals surface area contributed by atoms with E-state index in [2.05, 4.69) is 17.2 Å². The minimum atomic E-state index is -0.137. The molecule has 0 aliphatic carbocycles. The summed E-state index contributed by atoms with van der Waals surface area (Å²) in [7, 11) is 1.59. The topological polar surface area (TPSA) is 86.4 Å². The van der Waals surface area contributed by atoms with E-state index in [0.29, 0.717) is 35.9 Å². The van der Waals surface area contributed by atoms with E-state index in [0.717, 1.165) is 17.0 Å². The summed E-state index contributed by atoms with van der Waals surface area (Å²) < 4.78 is 11.9. The lowest BCUT2D eigenvalue weighted by atomic mass is 10.2. The number of nitrogens with one attached hydrogen (secondary N) is 1. The first-order valence-corrected chi connectivity index (χ1v) is 10.2. The SMILES string of the molecule is COCCn1c(SCC(=O)NCc2ccco2)nc2c(c1=O)S[C@@H](C)C2. The quantitative estimate of drug-likeness (QED) is 0.540. The molecule has 140 valence electrons. The molecule has 3 rings (SSSR count). The molecule has 0 radical (unpaired) electrons. The summed E-state index contributed by atoms with van der Waals surface area (Å²) in [6.07, 6.45) is 2.34. The van der Waals surface area contributed by atoms with Crippen molar-refractivity contribution in [2.45, 2.75) is 41.7 Å². The van der Waals surface area contributed by atoms with Crippen LogP contribution < -0.4 is 10.9 Å². The zero-order valence-electron chi connectivity index (χ0n) is 14.7. The number of rotatable bonds is 8. The molecular formula is C17H21N3O4S2. The molecule has 0 saturated carbocycles. The first-order valence-electron chi connectivity index (χ1n) is 8.29. The lowest BCUT2D eigenvalue weighted by Crippen LogP contribution is -2.28. The molecule has 0 fully saturated rings. The van der Waals surface area contributed by atoms with Gasteiger partial charge in [0.1, 0.15) is 5.76 Å². The number of fused-ring (bicyclic) bond motifs is 1. The largest absolute Gasteiger partial charge is 0.467 e. The molecule has 0 unspecified atom stereocenters. The maximum absolute atomic E-state index is 12.8. The second-order valence-electron chi connectivity index (χ2n) is 5.90. The zero-order chi connectivity index (χ0) is 18.5. The maximum Gasteiger partial charge on any atom is 0.268 e. The number of amides is 1. The van der Waals surface area contributed by atoms with Crippen LogP contribution in [0, 0.1) is 0 Å². The molecule has 1 amide bonds. The van der Waals surface area contributed by atoms with Crippen molar-refractivity contribution < 1.29 is 13.9 Å². The molecule has 3 heterocycles. The molecule has 0 spiro atoms. The van der Waals surface area contributed by atoms with E-state index in [1.165, 1.54) is 11.8 Å². The summed E-state index contributed by atoms with van der Waals surface area (Å²) in [6.45, 7) is 3.26. The number of hydrogen-bond acceptors (Lipinski definition) is 7. The molecule has 0 bridgehead atoms. The summed E-state index contributed by atoms with van der Waals surface area (Å²) in [5.74, 6) is 0.742. The molecule has 1 atom stereocenters. The highest BCUT2D eigenvalue weighted by Crippen LogP contribution is 2.34. The molecule has 1 aliphatic heterocycles. The van der Waals surface area contributed by atoms with E-state index in [4.69, 9.17) is 9.15 Å². The third-order valence-electron chi connectivity index (χ3n) is 3.85. The molecule has 26 heavy (non-hydrogen) atoms. The monoisotopic (exact) mass is 395 g/mol. The molecule has 2 aromatic heterocycles. The van der Waals surface area contributed by atoms with Crippen LogP contribution >= 0.6 is 23.5 Å². The Morgan fingerprint density at radius 3 is 3.15 bits per heavy atom. The molecule has 2 aromatic rings. The van der Waals surface area contributed by atoms with E-state index >= 15 is 0 Å². The van der Waals surface area contributed by atoms with Gasteiger partial charge < -0.3 is 14.5 Å². The van der Waals surface area contributed by atoms with Crippen molar-refractivity contribution in [3.8, 4) is 0 Å². The van der Waals surface area contributed by atoms with Crippen molar-refractivity contribution in [1.82, 2.24) is 14.9 Å². The van der Waals surface area contributed by atoms with Crippen LogP contribution in [0.2, 0.25) is 0 Å². The van der Waals surface area contributed by atoms with Crippen LogP contribution in [0.5, 0.6) is 0 Å². The van der Waals surface area contributed by atoms with E-state index in [9.17, 15) is 9.59 Å². The number of ether oxygens (including phenoxy) is 1. The summed E-state index contributed by atoms with van der Waals surface area (Å²) in [4.78, 5) is 30.2. The van der Waals surface area contributed by atoms with Gasteiger partial charge in [-0.2, -0.15) is 0 Å². The van der Waals surface area contributed by atoms with Crippen molar-refractivity contribution >= 4 is 29.4 Å². The number of hydrogen-bond donors (Lipinski definition) is 1. The van der Waals surface area contributed by atoms with Crippen molar-refractivity contribution in [3.63, 3.8) is 0 Å². The van der Waals surface area contributed by atoms with Crippen molar-refractivity contribution in [3.05, 3.63) is 40.2 Å². The highest BCUT2D eigenvalue weighted by atomic mass is 32.2. The average molecular weight is 396 g/mol. The van der Waals surface area contributed by atoms with Crippen molar-refractivity contribution in [1.29, 1.82) is 0 Å². The van der Waals surface area contributed by atoms with Crippen LogP contribution in [-0.2, 0) is 29.0 Å². The van der Waals surface area contributed by atoms with Gasteiger partial charge in [-0.25, -0.2) is 4.98 Å². The van der Waals surface area contributed by atoms with Crippen LogP contribution in [0.25, 0.3) is 0 Å². The fourth-order valence-electron chi connectivity index (χ4n) is 2.60. The normalized spacial score (nSPS) is 15.8. The van der Waals surface area contributed by atoms with Gasteiger partial charge in [0.15, 0.2) is 5.16 Å². The second-order valence-corrected chi connectivity index (χ2v) is 8.29. The average Bonchev–Trinajstić information content (AvgIpc) is 3.26. The third kappa shape index (κ3) is 4.52. The highest BCUT2D eigenvalue weighted by Gasteiger charge is 2.26. The van der Waals surface area contributed by atoms with E-state index in [1.54, 1.807) is 41.8 Å². The maximum atomic E-state index is 12.8. The first-order chi connectivity index (χ1) is 12.6. The lowest BCUT2D eigenvalue weighted by molar-refractivity contribution is -0.118. The van der Waals surface area contributed by atoms with E-state index in [-0.39, 0.29) is 17.2 Å². The fourth-order valence-corrected chi connectivity index (χ4v) is 4.59. The Morgan fingerprint density at radius 2 is 2.42 bits per heavy atom. The van der Waals surface area contributed by atoms with E-state index in [1.807, 2.05) is 0 Å². The Balaban J connectivity index is 1.69. The van der Waals surface area contributed by atoms with Crippen molar-refractivity contribution in [2.24, 2.45) is 0 Å². The van der Waals surface area contributed by atoms with Crippen LogP contribution in [0.1, 0.15) is 18.4 Å². The van der Waals surface area contributed by atoms with E-state index < -0.39 is 0 Å². The van der Waals surface area contributed by atoms with Crippen molar-refractivity contribution in [2.75, 3.05) is 19.5 Å². The number of aromatic nitrogens is 2. The van der Waals surface area contributed by atoms with Gasteiger partial charge in [-0.3, -0.25) is 14.2 Å². The molecule has 7 nitrogen and oxygen atoms in total. The Labute approximate surface area is 159 Å². The van der Waals surface area contributed by atoms with Gasteiger partial charge in [-0.1, -0.05) is 18.7 Å². The van der Waals surface area contributed by atoms with Crippen LogP contribution in [0.15, 0.2) is 37.7 Å². The molecule has 9 heteroatoms. The number of furan rings is 1. The van der Waals surface area contributed by atoms with Gasteiger partial charge in [-0.05, 0) is 12.1 Å². The number of carbonyl (C=O) groups is 1. The molecule has 1 N–H and O–H groups in total. The minimum absolute atomic E-state index is 0.0418. The van der Waals surface area contributed by atoms with Gasteiger partial charge in [-0.15, -0.1) is 11.8 Å². The predicted octanol–water partition coefficient (Wildman–Crippen LogP) is 1.93. The third-order valence-corrected chi connectivity index (χ3v) is 6.05. The number of carbonyl (C=O) groups excluding carboxylic acids is 1. The van der Waals surface area contributed by atoms with Gasteiger partial charge in [0.2, 0.25) is 5.91 Å². The van der Waals surface area contributed by atoms with Gasteiger partial charge >= 0.3 is 0 Å². The number of thioether (sulfide) groups is 2. The summed E-state index contributed by atoms with van der Waals surface area (Å²) in [5, 5.41) is 3.70. The lowest BCUT2D eigenvalue weighted by Gasteiger charge is -2.13. The molecular weight excluding hydrogens is 374 g/mol. The Kier molecular flexibility index (Phi) is 6.44. The first kappa shape index (κ1) is 19.1. The smallest absolute Gasteiger partial charge is 0.268 e. The highest BCUT2D eigenvalue weighted by molar-refractivity contribution is 8.00.